The summed E-state index contributed by atoms with van der Waals surface area (Å²) in [6.45, 7) is 8.20. The van der Waals surface area contributed by atoms with Crippen molar-refractivity contribution in [1.29, 1.82) is 0 Å². The monoisotopic (exact) mass is 402 g/mol. The van der Waals surface area contributed by atoms with E-state index < -0.39 is 0 Å². The van der Waals surface area contributed by atoms with E-state index in [2.05, 4.69) is 75.6 Å². The van der Waals surface area contributed by atoms with Gasteiger partial charge >= 0.3 is 0 Å². The molecule has 2 aromatic carbocycles. The number of aryl methyl sites for hydroxylation is 1. The van der Waals surface area contributed by atoms with Gasteiger partial charge in [0.25, 0.3) is 0 Å². The molecule has 0 unspecified atom stereocenters. The molecule has 2 aliphatic rings. The van der Waals surface area contributed by atoms with E-state index in [4.69, 9.17) is 9.51 Å². The molecule has 0 amide bonds. The van der Waals surface area contributed by atoms with Gasteiger partial charge in [-0.25, -0.2) is 0 Å². The normalized spacial score (nSPS) is 24.8. The fourth-order valence-electron chi connectivity index (χ4n) is 5.33. The van der Waals surface area contributed by atoms with Crippen LogP contribution >= 0.6 is 0 Å². The topological polar surface area (TPSA) is 45.4 Å². The second kappa shape index (κ2) is 8.32. The van der Waals surface area contributed by atoms with Crippen LogP contribution in [0.1, 0.15) is 29.3 Å². The van der Waals surface area contributed by atoms with Crippen molar-refractivity contribution in [3.05, 3.63) is 83.5 Å². The van der Waals surface area contributed by atoms with Crippen molar-refractivity contribution >= 4 is 0 Å². The van der Waals surface area contributed by atoms with E-state index in [1.165, 1.54) is 17.5 Å². The minimum atomic E-state index is -0.0645. The van der Waals surface area contributed by atoms with E-state index in [-0.39, 0.29) is 5.41 Å². The van der Waals surface area contributed by atoms with Crippen LogP contribution in [0.5, 0.6) is 0 Å². The summed E-state index contributed by atoms with van der Waals surface area (Å²) in [6.07, 6.45) is 2.26. The first-order valence-electron chi connectivity index (χ1n) is 11.0. The first kappa shape index (κ1) is 19.5. The molecule has 0 aliphatic carbocycles. The minimum absolute atomic E-state index is 0.0645. The van der Waals surface area contributed by atoms with Gasteiger partial charge in [0, 0.05) is 32.7 Å². The van der Waals surface area contributed by atoms with E-state index in [1.807, 2.05) is 6.92 Å². The summed E-state index contributed by atoms with van der Waals surface area (Å²) in [5.41, 5.74) is 2.71. The molecule has 0 N–H and O–H groups in total. The molecule has 5 heteroatoms. The Morgan fingerprint density at radius 3 is 2.37 bits per heavy atom. The molecule has 0 bridgehead atoms. The maximum Gasteiger partial charge on any atom is 0.235 e. The molecule has 3 aromatic rings. The number of benzene rings is 2. The summed E-state index contributed by atoms with van der Waals surface area (Å²) >= 11 is 0. The van der Waals surface area contributed by atoms with Gasteiger partial charge in [-0.3, -0.25) is 4.90 Å². The van der Waals surface area contributed by atoms with E-state index in [9.17, 15) is 0 Å². The van der Waals surface area contributed by atoms with Crippen LogP contribution in [0, 0.1) is 12.8 Å². The smallest absolute Gasteiger partial charge is 0.235 e. The third-order valence-corrected chi connectivity index (χ3v) is 6.83. The number of hydrogen-bond donors (Lipinski definition) is 0. The molecular weight excluding hydrogens is 372 g/mol. The zero-order valence-corrected chi connectivity index (χ0v) is 17.7. The molecule has 2 atom stereocenters. The summed E-state index contributed by atoms with van der Waals surface area (Å²) in [4.78, 5) is 9.92. The van der Waals surface area contributed by atoms with Gasteiger partial charge in [-0.15, -0.1) is 0 Å². The Morgan fingerprint density at radius 1 is 0.967 bits per heavy atom. The molecule has 1 aromatic heterocycles. The Bertz CT molecular complexity index is 958. The Labute approximate surface area is 178 Å². The quantitative estimate of drug-likeness (QED) is 0.629. The molecule has 5 rings (SSSR count). The van der Waals surface area contributed by atoms with Crippen LogP contribution in [-0.4, -0.2) is 52.7 Å². The second-order valence-electron chi connectivity index (χ2n) is 8.96. The van der Waals surface area contributed by atoms with Crippen molar-refractivity contribution in [1.82, 2.24) is 19.9 Å². The van der Waals surface area contributed by atoms with Crippen LogP contribution in [0.3, 0.4) is 0 Å². The highest BCUT2D eigenvalue weighted by Crippen LogP contribution is 2.44. The number of hydrogen-bond acceptors (Lipinski definition) is 5. The van der Waals surface area contributed by atoms with Crippen molar-refractivity contribution < 1.29 is 4.52 Å². The second-order valence-corrected chi connectivity index (χ2v) is 8.96. The standard InChI is InChI=1S/C25H30N4O/c1-20-26-24(30-27-20)25-18-28(16-22-10-6-3-7-11-22)15-13-23(25)17-29(19-25)14-12-21-8-4-2-5-9-21/h2-11,23H,12-19H2,1H3/t23-,25-/m0/s1. The molecule has 5 nitrogen and oxygen atoms in total. The first-order valence-corrected chi connectivity index (χ1v) is 11.0. The average Bonchev–Trinajstić information content (AvgIpc) is 3.38. The Kier molecular flexibility index (Phi) is 5.40. The van der Waals surface area contributed by atoms with Gasteiger partial charge in [0.2, 0.25) is 5.89 Å². The maximum absolute atomic E-state index is 5.80. The van der Waals surface area contributed by atoms with Gasteiger partial charge in [0.15, 0.2) is 5.82 Å². The fraction of sp³-hybridized carbons (Fsp3) is 0.440. The third-order valence-electron chi connectivity index (χ3n) is 6.83. The predicted molar refractivity (Wildman–Crippen MR) is 117 cm³/mol. The summed E-state index contributed by atoms with van der Waals surface area (Å²) in [5.74, 6) is 2.14. The van der Waals surface area contributed by atoms with Gasteiger partial charge < -0.3 is 9.42 Å². The van der Waals surface area contributed by atoms with Crippen molar-refractivity contribution in [2.24, 2.45) is 5.92 Å². The number of fused-ring (bicyclic) bond motifs is 1. The van der Waals surface area contributed by atoms with Crippen LogP contribution in [0.25, 0.3) is 0 Å². The number of nitrogens with zero attached hydrogens (tertiary/aromatic N) is 4. The summed E-state index contributed by atoms with van der Waals surface area (Å²) in [7, 11) is 0. The van der Waals surface area contributed by atoms with Gasteiger partial charge in [0.05, 0.1) is 5.41 Å². The number of aromatic nitrogens is 2. The lowest BCUT2D eigenvalue weighted by molar-refractivity contribution is 0.0878. The van der Waals surface area contributed by atoms with Gasteiger partial charge in [0.1, 0.15) is 0 Å². The van der Waals surface area contributed by atoms with E-state index in [0.29, 0.717) is 5.92 Å². The predicted octanol–water partition coefficient (Wildman–Crippen LogP) is 3.70. The lowest BCUT2D eigenvalue weighted by Gasteiger charge is -2.42. The van der Waals surface area contributed by atoms with Crippen molar-refractivity contribution in [3.63, 3.8) is 0 Å². The molecule has 2 aliphatic heterocycles. The zero-order valence-electron chi connectivity index (χ0n) is 17.7. The van der Waals surface area contributed by atoms with Crippen molar-refractivity contribution in [3.8, 4) is 0 Å². The SMILES string of the molecule is Cc1noc([C@]23CN(Cc4ccccc4)CC[C@H]2CN(CCc2ccccc2)C3)n1. The Morgan fingerprint density at radius 2 is 1.67 bits per heavy atom. The molecule has 0 saturated carbocycles. The summed E-state index contributed by atoms with van der Waals surface area (Å²) < 4.78 is 5.80. The molecule has 0 radical (unpaired) electrons. The van der Waals surface area contributed by atoms with Gasteiger partial charge in [-0.2, -0.15) is 4.98 Å². The Balaban J connectivity index is 1.35. The average molecular weight is 403 g/mol. The van der Waals surface area contributed by atoms with Crippen molar-refractivity contribution in [2.45, 2.75) is 31.7 Å². The van der Waals surface area contributed by atoms with Gasteiger partial charge in [-0.05, 0) is 43.4 Å². The molecule has 156 valence electrons. The molecule has 2 saturated heterocycles. The number of piperidine rings is 1. The van der Waals surface area contributed by atoms with Crippen LogP contribution < -0.4 is 0 Å². The van der Waals surface area contributed by atoms with Crippen LogP contribution in [0.2, 0.25) is 0 Å². The minimum Gasteiger partial charge on any atom is -0.339 e. The lowest BCUT2D eigenvalue weighted by Crippen LogP contribution is -2.51. The van der Waals surface area contributed by atoms with E-state index in [1.54, 1.807) is 0 Å². The van der Waals surface area contributed by atoms with Crippen molar-refractivity contribution in [2.75, 3.05) is 32.7 Å². The molecule has 0 spiro atoms. The molecular formula is C25H30N4O. The summed E-state index contributed by atoms with van der Waals surface area (Å²) in [5, 5.41) is 4.15. The molecule has 30 heavy (non-hydrogen) atoms. The maximum atomic E-state index is 5.80. The van der Waals surface area contributed by atoms with Crippen LogP contribution in [0.15, 0.2) is 65.2 Å². The summed E-state index contributed by atoms with van der Waals surface area (Å²) in [6, 6.07) is 21.6. The first-order chi connectivity index (χ1) is 14.7. The Hall–Kier alpha value is -2.50. The highest BCUT2D eigenvalue weighted by molar-refractivity contribution is 5.20. The van der Waals surface area contributed by atoms with Crippen LogP contribution in [-0.2, 0) is 18.4 Å². The third kappa shape index (κ3) is 3.92. The largest absolute Gasteiger partial charge is 0.339 e. The highest BCUT2D eigenvalue weighted by atomic mass is 16.5. The zero-order chi connectivity index (χ0) is 20.4. The lowest BCUT2D eigenvalue weighted by atomic mass is 9.73. The van der Waals surface area contributed by atoms with Gasteiger partial charge in [-0.1, -0.05) is 65.8 Å². The molecule has 3 heterocycles. The highest BCUT2D eigenvalue weighted by Gasteiger charge is 2.54. The van der Waals surface area contributed by atoms with Crippen LogP contribution in [0.4, 0.5) is 0 Å². The molecule has 2 fully saturated rings. The van der Waals surface area contributed by atoms with E-state index >= 15 is 0 Å². The number of rotatable bonds is 6. The van der Waals surface area contributed by atoms with E-state index in [0.717, 1.165) is 57.4 Å². The fourth-order valence-corrected chi connectivity index (χ4v) is 5.33. The number of likely N-dealkylation sites (tertiary alicyclic amines) is 2.